The minimum Gasteiger partial charge on any atom is -0.458 e. The van der Waals surface area contributed by atoms with Crippen LogP contribution >= 0.6 is 0 Å². The Kier molecular flexibility index (Phi) is 5.39. The molecule has 1 saturated heterocycles. The Morgan fingerprint density at radius 2 is 2.32 bits per heavy atom. The fourth-order valence-corrected chi connectivity index (χ4v) is 2.56. The summed E-state index contributed by atoms with van der Waals surface area (Å²) in [5.74, 6) is 1.41. The molecule has 3 unspecified atom stereocenters. The lowest BCUT2D eigenvalue weighted by Crippen LogP contribution is -2.27. The van der Waals surface area contributed by atoms with E-state index in [1.54, 1.807) is 25.3 Å². The first kappa shape index (κ1) is 17.5. The van der Waals surface area contributed by atoms with Crippen molar-refractivity contribution in [1.29, 1.82) is 0 Å². The molecule has 134 valence electrons. The van der Waals surface area contributed by atoms with Crippen LogP contribution in [-0.4, -0.2) is 51.9 Å². The van der Waals surface area contributed by atoms with Crippen LogP contribution in [0.1, 0.15) is 24.2 Å². The Labute approximate surface area is 143 Å². The molecular weight excluding hydrogens is 330 g/mol. The van der Waals surface area contributed by atoms with Crippen molar-refractivity contribution in [2.24, 2.45) is 4.99 Å². The Morgan fingerprint density at radius 3 is 3.00 bits per heavy atom. The molecule has 3 atom stereocenters. The molecule has 2 N–H and O–H groups in total. The van der Waals surface area contributed by atoms with Gasteiger partial charge in [0.15, 0.2) is 5.82 Å². The molecule has 1 fully saturated rings. The number of aliphatic imine (C=N–C) groups is 1. The highest BCUT2D eigenvalue weighted by molar-refractivity contribution is 5.78. The highest BCUT2D eigenvalue weighted by atomic mass is 16.5. The average Bonchev–Trinajstić information content (AvgIpc) is 3.19. The van der Waals surface area contributed by atoms with Crippen LogP contribution in [0, 0.1) is 0 Å². The number of furan rings is 1. The maximum absolute atomic E-state index is 12.1. The maximum atomic E-state index is 12.1. The van der Waals surface area contributed by atoms with E-state index in [4.69, 9.17) is 19.0 Å². The van der Waals surface area contributed by atoms with Crippen molar-refractivity contribution >= 4 is 12.0 Å². The lowest BCUT2D eigenvalue weighted by atomic mass is 10.2. The van der Waals surface area contributed by atoms with Crippen molar-refractivity contribution in [3.63, 3.8) is 0 Å². The largest absolute Gasteiger partial charge is 0.458 e. The van der Waals surface area contributed by atoms with E-state index in [0.717, 1.165) is 0 Å². The highest BCUT2D eigenvalue weighted by Crippen LogP contribution is 2.27. The van der Waals surface area contributed by atoms with Crippen LogP contribution in [0.3, 0.4) is 0 Å². The molecule has 0 bridgehead atoms. The first-order chi connectivity index (χ1) is 12.1. The van der Waals surface area contributed by atoms with Gasteiger partial charge in [0, 0.05) is 19.7 Å². The Bertz CT molecular complexity index is 799. The number of hydrogen-bond acceptors (Lipinski definition) is 8. The van der Waals surface area contributed by atoms with E-state index in [9.17, 15) is 9.90 Å². The first-order valence-electron chi connectivity index (χ1n) is 7.76. The third-order valence-electron chi connectivity index (χ3n) is 3.80. The van der Waals surface area contributed by atoms with Crippen molar-refractivity contribution in [2.75, 3.05) is 13.7 Å². The standard InChI is InChI=1S/C16H19N3O6/c1-23-9-11-3-2-10(24-11)7-17-14-4-5-19(16(22)18-14)15-6-12(21)13(8-20)25-15/h2-5,7,12-13,15,20-21H,6,8-9H2,1H3. The second-order valence-corrected chi connectivity index (χ2v) is 5.59. The molecular formula is C16H19N3O6. The van der Waals surface area contributed by atoms with Crippen LogP contribution in [-0.2, 0) is 16.1 Å². The van der Waals surface area contributed by atoms with Crippen LogP contribution in [0.5, 0.6) is 0 Å². The van der Waals surface area contributed by atoms with E-state index in [-0.39, 0.29) is 18.8 Å². The summed E-state index contributed by atoms with van der Waals surface area (Å²) in [6.07, 6.45) is 0.992. The molecule has 1 aliphatic rings. The number of aliphatic hydroxyl groups is 2. The van der Waals surface area contributed by atoms with E-state index in [1.165, 1.54) is 17.0 Å². The predicted molar refractivity (Wildman–Crippen MR) is 86.8 cm³/mol. The minimum absolute atomic E-state index is 0.212. The predicted octanol–water partition coefficient (Wildman–Crippen LogP) is 0.374. The van der Waals surface area contributed by atoms with Gasteiger partial charge in [-0.3, -0.25) is 4.57 Å². The summed E-state index contributed by atoms with van der Waals surface area (Å²) in [4.78, 5) is 20.1. The van der Waals surface area contributed by atoms with Gasteiger partial charge in [0.2, 0.25) is 0 Å². The number of aliphatic hydroxyl groups excluding tert-OH is 2. The zero-order chi connectivity index (χ0) is 17.8. The van der Waals surface area contributed by atoms with Gasteiger partial charge < -0.3 is 24.1 Å². The lowest BCUT2D eigenvalue weighted by Gasteiger charge is -2.13. The van der Waals surface area contributed by atoms with Gasteiger partial charge in [0.25, 0.3) is 0 Å². The average molecular weight is 349 g/mol. The number of methoxy groups -OCH3 is 1. The normalized spacial score (nSPS) is 23.6. The second kappa shape index (κ2) is 7.70. The van der Waals surface area contributed by atoms with E-state index >= 15 is 0 Å². The number of aromatic nitrogens is 2. The third kappa shape index (κ3) is 4.02. The Morgan fingerprint density at radius 1 is 1.48 bits per heavy atom. The summed E-state index contributed by atoms with van der Waals surface area (Å²) < 4.78 is 17.1. The number of hydrogen-bond donors (Lipinski definition) is 2. The maximum Gasteiger partial charge on any atom is 0.351 e. The molecule has 0 spiro atoms. The van der Waals surface area contributed by atoms with Crippen LogP contribution in [0.25, 0.3) is 0 Å². The smallest absolute Gasteiger partial charge is 0.351 e. The monoisotopic (exact) mass is 349 g/mol. The zero-order valence-electron chi connectivity index (χ0n) is 13.6. The van der Waals surface area contributed by atoms with E-state index in [1.807, 2.05) is 0 Å². The van der Waals surface area contributed by atoms with Crippen LogP contribution in [0.2, 0.25) is 0 Å². The van der Waals surface area contributed by atoms with Crippen molar-refractivity contribution in [2.45, 2.75) is 31.5 Å². The third-order valence-corrected chi connectivity index (χ3v) is 3.80. The van der Waals surface area contributed by atoms with E-state index < -0.39 is 24.1 Å². The SMILES string of the molecule is COCc1ccc(C=Nc2ccn(C3CC(O)C(CO)O3)c(=O)n2)o1. The molecule has 0 radical (unpaired) electrons. The topological polar surface area (TPSA) is 119 Å². The van der Waals surface area contributed by atoms with Crippen LogP contribution < -0.4 is 5.69 Å². The van der Waals surface area contributed by atoms with Gasteiger partial charge in [-0.1, -0.05) is 0 Å². The summed E-state index contributed by atoms with van der Waals surface area (Å²) in [7, 11) is 1.57. The highest BCUT2D eigenvalue weighted by Gasteiger charge is 2.34. The molecule has 0 saturated carbocycles. The molecule has 0 aromatic carbocycles. The zero-order valence-corrected chi connectivity index (χ0v) is 13.6. The molecule has 3 heterocycles. The van der Waals surface area contributed by atoms with E-state index in [0.29, 0.717) is 18.1 Å². The molecule has 9 heteroatoms. The molecule has 2 aromatic heterocycles. The van der Waals surface area contributed by atoms with Gasteiger partial charge in [-0.05, 0) is 18.2 Å². The molecule has 2 aromatic rings. The summed E-state index contributed by atoms with van der Waals surface area (Å²) in [6.45, 7) is 0.0562. The van der Waals surface area contributed by atoms with Crippen molar-refractivity contribution < 1.29 is 24.1 Å². The van der Waals surface area contributed by atoms with Crippen LogP contribution in [0.15, 0.2) is 38.6 Å². The number of rotatable bonds is 6. The minimum atomic E-state index is -0.820. The summed E-state index contributed by atoms with van der Waals surface area (Å²) in [5.41, 5.74) is -0.551. The molecule has 25 heavy (non-hydrogen) atoms. The molecule has 0 amide bonds. The van der Waals surface area contributed by atoms with Gasteiger partial charge in [-0.15, -0.1) is 0 Å². The quantitative estimate of drug-likeness (QED) is 0.723. The summed E-state index contributed by atoms with van der Waals surface area (Å²) in [6, 6.07) is 5.07. The van der Waals surface area contributed by atoms with Crippen LogP contribution in [0.4, 0.5) is 5.82 Å². The summed E-state index contributed by atoms with van der Waals surface area (Å²) >= 11 is 0. The van der Waals surface area contributed by atoms with Gasteiger partial charge in [0.1, 0.15) is 30.5 Å². The van der Waals surface area contributed by atoms with Crippen molar-refractivity contribution in [3.8, 4) is 0 Å². The molecule has 1 aliphatic heterocycles. The second-order valence-electron chi connectivity index (χ2n) is 5.59. The molecule has 9 nitrogen and oxygen atoms in total. The summed E-state index contributed by atoms with van der Waals surface area (Å²) in [5, 5.41) is 18.9. The van der Waals surface area contributed by atoms with Gasteiger partial charge in [-0.25, -0.2) is 9.79 Å². The molecule has 3 rings (SSSR count). The first-order valence-corrected chi connectivity index (χ1v) is 7.76. The Hall–Kier alpha value is -2.33. The van der Waals surface area contributed by atoms with Gasteiger partial charge in [-0.2, -0.15) is 4.98 Å². The fourth-order valence-electron chi connectivity index (χ4n) is 2.56. The number of nitrogens with zero attached hydrogens (tertiary/aromatic N) is 3. The van der Waals surface area contributed by atoms with Gasteiger partial charge in [0.05, 0.1) is 18.9 Å². The fraction of sp³-hybridized carbons (Fsp3) is 0.438. The van der Waals surface area contributed by atoms with Crippen molar-refractivity contribution in [1.82, 2.24) is 9.55 Å². The molecule has 0 aliphatic carbocycles. The van der Waals surface area contributed by atoms with Gasteiger partial charge >= 0.3 is 5.69 Å². The Balaban J connectivity index is 1.71. The van der Waals surface area contributed by atoms with E-state index in [2.05, 4.69) is 9.98 Å². The van der Waals surface area contributed by atoms with Crippen molar-refractivity contribution in [3.05, 3.63) is 46.4 Å². The lowest BCUT2D eigenvalue weighted by molar-refractivity contribution is -0.0458. The number of ether oxygens (including phenoxy) is 2.